The molecule has 5 nitrogen and oxygen atoms in total. The number of carbonyl (C=O) groups is 1. The van der Waals surface area contributed by atoms with Crippen LogP contribution in [-0.2, 0) is 11.3 Å². The van der Waals surface area contributed by atoms with Gasteiger partial charge in [-0.15, -0.1) is 0 Å². The van der Waals surface area contributed by atoms with Crippen LogP contribution in [0.15, 0.2) is 18.2 Å². The lowest BCUT2D eigenvalue weighted by atomic mass is 10.1. The van der Waals surface area contributed by atoms with E-state index < -0.39 is 12.0 Å². The molecule has 0 bridgehead atoms. The Morgan fingerprint density at radius 2 is 2.05 bits per heavy atom. The Labute approximate surface area is 114 Å². The van der Waals surface area contributed by atoms with Crippen molar-refractivity contribution < 1.29 is 14.3 Å². The van der Waals surface area contributed by atoms with Crippen molar-refractivity contribution in [1.82, 2.24) is 5.32 Å². The maximum Gasteiger partial charge on any atom is 0.258 e. The van der Waals surface area contributed by atoms with E-state index in [1.165, 1.54) is 0 Å². The third-order valence-corrected chi connectivity index (χ3v) is 2.68. The lowest BCUT2D eigenvalue weighted by Crippen LogP contribution is -2.31. The van der Waals surface area contributed by atoms with Crippen LogP contribution in [0, 0.1) is 0 Å². The minimum absolute atomic E-state index is 0.364. The molecule has 0 saturated heterocycles. The number of benzene rings is 1. The first-order valence-electron chi connectivity index (χ1n) is 6.30. The quantitative estimate of drug-likeness (QED) is 0.783. The molecule has 0 aliphatic rings. The molecule has 0 spiro atoms. The highest BCUT2D eigenvalue weighted by Gasteiger charge is 2.14. The molecule has 3 N–H and O–H groups in total. The van der Waals surface area contributed by atoms with Gasteiger partial charge in [0.25, 0.3) is 5.91 Å². The van der Waals surface area contributed by atoms with Crippen LogP contribution >= 0.6 is 0 Å². The fourth-order valence-electron chi connectivity index (χ4n) is 1.48. The van der Waals surface area contributed by atoms with Crippen molar-refractivity contribution in [3.05, 3.63) is 23.8 Å². The highest BCUT2D eigenvalue weighted by molar-refractivity contribution is 5.78. The maximum absolute atomic E-state index is 11.1. The van der Waals surface area contributed by atoms with Crippen molar-refractivity contribution in [2.24, 2.45) is 5.73 Å². The molecule has 1 unspecified atom stereocenters. The van der Waals surface area contributed by atoms with Gasteiger partial charge in [0.05, 0.1) is 7.11 Å². The fourth-order valence-corrected chi connectivity index (χ4v) is 1.48. The maximum atomic E-state index is 11.1. The van der Waals surface area contributed by atoms with Crippen molar-refractivity contribution >= 4 is 5.91 Å². The van der Waals surface area contributed by atoms with Gasteiger partial charge in [0.2, 0.25) is 0 Å². The van der Waals surface area contributed by atoms with Gasteiger partial charge in [0.1, 0.15) is 11.5 Å². The van der Waals surface area contributed by atoms with E-state index in [9.17, 15) is 4.79 Å². The molecule has 0 saturated carbocycles. The predicted molar refractivity (Wildman–Crippen MR) is 74.3 cm³/mol. The van der Waals surface area contributed by atoms with Gasteiger partial charge in [-0.3, -0.25) is 4.79 Å². The molecule has 0 heterocycles. The molecule has 0 aliphatic carbocycles. The Morgan fingerprint density at radius 1 is 1.37 bits per heavy atom. The summed E-state index contributed by atoms with van der Waals surface area (Å²) in [5, 5.41) is 3.31. The van der Waals surface area contributed by atoms with Crippen LogP contribution in [0.1, 0.15) is 26.3 Å². The van der Waals surface area contributed by atoms with Crippen molar-refractivity contribution in [2.45, 2.75) is 39.5 Å². The molecule has 1 aromatic rings. The smallest absolute Gasteiger partial charge is 0.258 e. The summed E-state index contributed by atoms with van der Waals surface area (Å²) in [6.07, 6.45) is -0.676. The van der Waals surface area contributed by atoms with Gasteiger partial charge in [0, 0.05) is 24.2 Å². The average Bonchev–Trinajstić information content (AvgIpc) is 2.36. The molecule has 106 valence electrons. The number of hydrogen-bond donors (Lipinski definition) is 2. The van der Waals surface area contributed by atoms with Crippen LogP contribution in [0.3, 0.4) is 0 Å². The number of rotatable bonds is 7. The molecule has 0 radical (unpaired) electrons. The molecule has 19 heavy (non-hydrogen) atoms. The first kappa shape index (κ1) is 15.3. The molecule has 1 rings (SSSR count). The molecule has 1 atom stereocenters. The number of primary amides is 1. The number of ether oxygens (including phenoxy) is 2. The van der Waals surface area contributed by atoms with Gasteiger partial charge in [-0.2, -0.15) is 0 Å². The molecule has 1 aromatic carbocycles. The summed E-state index contributed by atoms with van der Waals surface area (Å²) in [6, 6.07) is 5.90. The van der Waals surface area contributed by atoms with E-state index in [2.05, 4.69) is 19.2 Å². The summed E-state index contributed by atoms with van der Waals surface area (Å²) in [5.74, 6) is 0.796. The lowest BCUT2D eigenvalue weighted by Gasteiger charge is -2.17. The van der Waals surface area contributed by atoms with Crippen LogP contribution in [0.25, 0.3) is 0 Å². The molecule has 5 heteroatoms. The zero-order chi connectivity index (χ0) is 14.4. The molecular weight excluding hydrogens is 244 g/mol. The normalized spacial score (nSPS) is 12.3. The third-order valence-electron chi connectivity index (χ3n) is 2.68. The SMILES string of the molecule is COc1ccc(CNC(C)C)c(OC(C)C(N)=O)c1. The summed E-state index contributed by atoms with van der Waals surface area (Å²) < 4.78 is 10.7. The largest absolute Gasteiger partial charge is 0.497 e. The lowest BCUT2D eigenvalue weighted by molar-refractivity contribution is -0.124. The fraction of sp³-hybridized carbons (Fsp3) is 0.500. The van der Waals surface area contributed by atoms with Gasteiger partial charge in [0.15, 0.2) is 6.10 Å². The van der Waals surface area contributed by atoms with Crippen LogP contribution in [0.2, 0.25) is 0 Å². The van der Waals surface area contributed by atoms with Gasteiger partial charge in [-0.25, -0.2) is 0 Å². The molecule has 0 aromatic heterocycles. The van der Waals surface area contributed by atoms with Crippen LogP contribution in [0.5, 0.6) is 11.5 Å². The zero-order valence-electron chi connectivity index (χ0n) is 11.9. The van der Waals surface area contributed by atoms with Crippen molar-refractivity contribution in [3.63, 3.8) is 0 Å². The summed E-state index contributed by atoms with van der Waals surface area (Å²) >= 11 is 0. The van der Waals surface area contributed by atoms with Gasteiger partial charge in [-0.1, -0.05) is 19.9 Å². The summed E-state index contributed by atoms with van der Waals surface area (Å²) in [4.78, 5) is 11.1. The topological polar surface area (TPSA) is 73.6 Å². The second-order valence-corrected chi connectivity index (χ2v) is 4.67. The molecule has 0 fully saturated rings. The number of amides is 1. The summed E-state index contributed by atoms with van der Waals surface area (Å²) in [7, 11) is 1.59. The van der Waals surface area contributed by atoms with E-state index >= 15 is 0 Å². The minimum Gasteiger partial charge on any atom is -0.497 e. The Kier molecular flexibility index (Phi) is 5.63. The van der Waals surface area contributed by atoms with Crippen molar-refractivity contribution in [2.75, 3.05) is 7.11 Å². The van der Waals surface area contributed by atoms with Crippen LogP contribution in [0.4, 0.5) is 0 Å². The van der Waals surface area contributed by atoms with Crippen LogP contribution in [-0.4, -0.2) is 25.2 Å². The first-order chi connectivity index (χ1) is 8.93. The number of carbonyl (C=O) groups excluding carboxylic acids is 1. The predicted octanol–water partition coefficient (Wildman–Crippen LogP) is 1.45. The number of hydrogen-bond acceptors (Lipinski definition) is 4. The number of methoxy groups -OCH3 is 1. The van der Waals surface area contributed by atoms with E-state index in [0.717, 1.165) is 5.56 Å². The van der Waals surface area contributed by atoms with E-state index in [0.29, 0.717) is 24.1 Å². The van der Waals surface area contributed by atoms with Crippen molar-refractivity contribution in [3.8, 4) is 11.5 Å². The van der Waals surface area contributed by atoms with Gasteiger partial charge >= 0.3 is 0 Å². The zero-order valence-corrected chi connectivity index (χ0v) is 11.9. The highest BCUT2D eigenvalue weighted by atomic mass is 16.5. The van der Waals surface area contributed by atoms with E-state index in [4.69, 9.17) is 15.2 Å². The summed E-state index contributed by atoms with van der Waals surface area (Å²) in [6.45, 7) is 6.41. The third kappa shape index (κ3) is 4.79. The van der Waals surface area contributed by atoms with E-state index in [-0.39, 0.29) is 0 Å². The Balaban J connectivity index is 2.91. The average molecular weight is 266 g/mol. The Morgan fingerprint density at radius 3 is 2.58 bits per heavy atom. The second-order valence-electron chi connectivity index (χ2n) is 4.67. The minimum atomic E-state index is -0.676. The Bertz CT molecular complexity index is 433. The molecule has 1 amide bonds. The molecule has 0 aliphatic heterocycles. The van der Waals surface area contributed by atoms with Gasteiger partial charge in [-0.05, 0) is 13.0 Å². The van der Waals surface area contributed by atoms with E-state index in [1.54, 1.807) is 20.1 Å². The van der Waals surface area contributed by atoms with Crippen LogP contribution < -0.4 is 20.5 Å². The Hall–Kier alpha value is -1.75. The van der Waals surface area contributed by atoms with Gasteiger partial charge < -0.3 is 20.5 Å². The second kappa shape index (κ2) is 6.99. The monoisotopic (exact) mass is 266 g/mol. The standard InChI is InChI=1S/C14H22N2O3/c1-9(2)16-8-11-5-6-12(18-4)7-13(11)19-10(3)14(15)17/h5-7,9-10,16H,8H2,1-4H3,(H2,15,17). The number of nitrogens with two attached hydrogens (primary N) is 1. The van der Waals surface area contributed by atoms with E-state index in [1.807, 2.05) is 12.1 Å². The van der Waals surface area contributed by atoms with Crippen molar-refractivity contribution in [1.29, 1.82) is 0 Å². The highest BCUT2D eigenvalue weighted by Crippen LogP contribution is 2.25. The summed E-state index contributed by atoms with van der Waals surface area (Å²) in [5.41, 5.74) is 6.18. The number of nitrogens with one attached hydrogen (secondary N) is 1. The molecular formula is C14H22N2O3. The first-order valence-corrected chi connectivity index (χ1v) is 6.30.